The molecule has 0 radical (unpaired) electrons. The third-order valence-corrected chi connectivity index (χ3v) is 11.1. The summed E-state index contributed by atoms with van der Waals surface area (Å²) >= 11 is 0. The summed E-state index contributed by atoms with van der Waals surface area (Å²) in [6.45, 7) is 6.42. The highest BCUT2D eigenvalue weighted by atomic mass is 19.1. The highest BCUT2D eigenvalue weighted by Crippen LogP contribution is 2.46. The zero-order valence-electron chi connectivity index (χ0n) is 26.0. The number of rotatable bonds is 6. The summed E-state index contributed by atoms with van der Waals surface area (Å²) in [5.74, 6) is -0.892. The van der Waals surface area contributed by atoms with Crippen LogP contribution in [0.25, 0.3) is 0 Å². The number of carbonyl (C=O) groups is 2. The normalized spacial score (nSPS) is 35.7. The van der Waals surface area contributed by atoms with E-state index >= 15 is 4.39 Å². The lowest BCUT2D eigenvalue weighted by molar-refractivity contribution is -0.138. The first kappa shape index (κ1) is 32.9. The average Bonchev–Trinajstić information content (AvgIpc) is 2.98. The van der Waals surface area contributed by atoms with Crippen LogP contribution in [-0.2, 0) is 9.59 Å². The molecule has 0 bridgehead atoms. The minimum Gasteiger partial charge on any atom is -0.350 e. The molecule has 7 atom stereocenters. The van der Waals surface area contributed by atoms with Crippen molar-refractivity contribution in [2.24, 2.45) is 28.7 Å². The smallest absolute Gasteiger partial charge is 0.227 e. The second-order valence-electron chi connectivity index (χ2n) is 14.2. The molecule has 4 saturated heterocycles. The number of carbonyl (C=O) groups excluding carboxylic acids is 2. The maximum Gasteiger partial charge on any atom is 0.227 e. The fourth-order valence-corrected chi connectivity index (χ4v) is 8.72. The minimum atomic E-state index is -1.16. The van der Waals surface area contributed by atoms with Gasteiger partial charge in [0.2, 0.25) is 11.8 Å². The summed E-state index contributed by atoms with van der Waals surface area (Å²) in [5, 5.41) is 13.0. The topological polar surface area (TPSA) is 141 Å². The fraction of sp³-hybridized carbons (Fsp3) is 0.935. The van der Waals surface area contributed by atoms with Crippen molar-refractivity contribution < 1.29 is 18.4 Å². The Bertz CT molecular complexity index is 929. The second kappa shape index (κ2) is 14.8. The SMILES string of the molecule is C[C@H]1CN(C(=O)C2CCN(C3C(F)CNCC3NC(=O)C(C(N)N)C3CC4(CCCCC4)CCC(F)CN3)CC2)CCN1. The Balaban J connectivity index is 1.24. The van der Waals surface area contributed by atoms with Crippen LogP contribution in [0.15, 0.2) is 0 Å². The molecule has 5 rings (SSSR count). The zero-order valence-corrected chi connectivity index (χ0v) is 26.0. The molecule has 5 aliphatic rings. The van der Waals surface area contributed by atoms with E-state index in [2.05, 4.69) is 33.1 Å². The zero-order chi connectivity index (χ0) is 30.6. The Morgan fingerprint density at radius 3 is 2.40 bits per heavy atom. The highest BCUT2D eigenvalue weighted by molar-refractivity contribution is 5.81. The van der Waals surface area contributed by atoms with Crippen LogP contribution in [0.3, 0.4) is 0 Å². The van der Waals surface area contributed by atoms with E-state index in [1.807, 2.05) is 4.90 Å². The summed E-state index contributed by atoms with van der Waals surface area (Å²) in [6, 6.07) is -1.02. The average molecular weight is 611 g/mol. The molecule has 0 aromatic rings. The molecule has 5 fully saturated rings. The lowest BCUT2D eigenvalue weighted by Gasteiger charge is -2.47. The van der Waals surface area contributed by atoms with Gasteiger partial charge in [0.1, 0.15) is 12.3 Å². The van der Waals surface area contributed by atoms with E-state index in [9.17, 15) is 14.0 Å². The predicted octanol–water partition coefficient (Wildman–Crippen LogP) is 0.604. The van der Waals surface area contributed by atoms with E-state index in [0.29, 0.717) is 44.9 Å². The summed E-state index contributed by atoms with van der Waals surface area (Å²) in [6.07, 6.45) is 5.93. The lowest BCUT2D eigenvalue weighted by atomic mass is 9.65. The number of nitrogens with zero attached hydrogens (tertiary/aromatic N) is 2. The van der Waals surface area contributed by atoms with Crippen molar-refractivity contribution in [3.63, 3.8) is 0 Å². The number of hydrogen-bond acceptors (Lipinski definition) is 8. The number of halogens is 2. The van der Waals surface area contributed by atoms with Gasteiger partial charge in [-0.05, 0) is 70.4 Å². The number of likely N-dealkylation sites (tertiary alicyclic amines) is 1. The maximum atomic E-state index is 15.6. The first-order chi connectivity index (χ1) is 20.7. The maximum absolute atomic E-state index is 15.6. The molecule has 43 heavy (non-hydrogen) atoms. The highest BCUT2D eigenvalue weighted by Gasteiger charge is 2.45. The standard InChI is InChI=1S/C31H56F2N8O2/c1-20-19-41(14-11-37-20)30(43)21-6-12-40(13-7-21)27-23(33)17-36-18-25(27)39-29(42)26(28(34)35)24-15-31(8-3-2-4-9-31)10-5-22(32)16-38-24/h20-28,36-38H,2-19,34-35H2,1H3,(H,39,42)/t20-,22?,23?,24?,25?,26?,27?/m0/s1. The van der Waals surface area contributed by atoms with Gasteiger partial charge in [0.25, 0.3) is 0 Å². The quantitative estimate of drug-likeness (QED) is 0.241. The Morgan fingerprint density at radius 1 is 0.953 bits per heavy atom. The third-order valence-electron chi connectivity index (χ3n) is 11.1. The molecular weight excluding hydrogens is 554 g/mol. The number of nitrogens with two attached hydrogens (primary N) is 2. The number of alkyl halides is 2. The van der Waals surface area contributed by atoms with Crippen LogP contribution in [0.2, 0.25) is 0 Å². The van der Waals surface area contributed by atoms with Gasteiger partial charge in [0.15, 0.2) is 0 Å². The van der Waals surface area contributed by atoms with Gasteiger partial charge in [-0.1, -0.05) is 19.3 Å². The van der Waals surface area contributed by atoms with E-state index in [1.165, 1.54) is 6.42 Å². The van der Waals surface area contributed by atoms with E-state index in [4.69, 9.17) is 11.5 Å². The van der Waals surface area contributed by atoms with Crippen molar-refractivity contribution in [1.82, 2.24) is 31.1 Å². The van der Waals surface area contributed by atoms with E-state index in [1.54, 1.807) is 0 Å². The molecular formula is C31H56F2N8O2. The number of piperazine rings is 1. The van der Waals surface area contributed by atoms with Gasteiger partial charge >= 0.3 is 0 Å². The van der Waals surface area contributed by atoms with Crippen molar-refractivity contribution in [1.29, 1.82) is 0 Å². The summed E-state index contributed by atoms with van der Waals surface area (Å²) in [7, 11) is 0. The predicted molar refractivity (Wildman–Crippen MR) is 164 cm³/mol. The Labute approximate surface area is 256 Å². The van der Waals surface area contributed by atoms with E-state index < -0.39 is 36.5 Å². The molecule has 2 amide bonds. The second-order valence-corrected chi connectivity index (χ2v) is 14.2. The monoisotopic (exact) mass is 610 g/mol. The third kappa shape index (κ3) is 8.05. The van der Waals surface area contributed by atoms with Gasteiger partial charge in [-0.2, -0.15) is 0 Å². The molecule has 1 spiro atoms. The van der Waals surface area contributed by atoms with Gasteiger partial charge in [-0.3, -0.25) is 14.5 Å². The molecule has 246 valence electrons. The van der Waals surface area contributed by atoms with Gasteiger partial charge < -0.3 is 37.6 Å². The number of amides is 2. The van der Waals surface area contributed by atoms with Crippen LogP contribution in [-0.4, -0.2) is 117 Å². The molecule has 4 heterocycles. The van der Waals surface area contributed by atoms with Gasteiger partial charge in [-0.25, -0.2) is 8.78 Å². The molecule has 12 heteroatoms. The number of hydrogen-bond donors (Lipinski definition) is 6. The summed E-state index contributed by atoms with van der Waals surface area (Å²) < 4.78 is 30.3. The van der Waals surface area contributed by atoms with Gasteiger partial charge in [0, 0.05) is 57.3 Å². The molecule has 0 aromatic carbocycles. The van der Waals surface area contributed by atoms with Gasteiger partial charge in [-0.15, -0.1) is 0 Å². The van der Waals surface area contributed by atoms with Crippen LogP contribution >= 0.6 is 0 Å². The van der Waals surface area contributed by atoms with Crippen molar-refractivity contribution in [2.75, 3.05) is 52.4 Å². The number of piperidine rings is 2. The van der Waals surface area contributed by atoms with Crippen LogP contribution < -0.4 is 32.7 Å². The summed E-state index contributed by atoms with van der Waals surface area (Å²) in [4.78, 5) is 31.3. The van der Waals surface area contributed by atoms with Crippen molar-refractivity contribution in [3.8, 4) is 0 Å². The Hall–Kier alpha value is -1.44. The summed E-state index contributed by atoms with van der Waals surface area (Å²) in [5.41, 5.74) is 12.6. The van der Waals surface area contributed by atoms with Crippen molar-refractivity contribution in [2.45, 2.75) is 114 Å². The van der Waals surface area contributed by atoms with Crippen molar-refractivity contribution in [3.05, 3.63) is 0 Å². The molecule has 10 nitrogen and oxygen atoms in total. The first-order valence-corrected chi connectivity index (χ1v) is 17.0. The first-order valence-electron chi connectivity index (χ1n) is 17.0. The van der Waals surface area contributed by atoms with E-state index in [-0.39, 0.29) is 42.3 Å². The van der Waals surface area contributed by atoms with Crippen LogP contribution in [0, 0.1) is 17.3 Å². The van der Waals surface area contributed by atoms with Crippen LogP contribution in [0.4, 0.5) is 8.78 Å². The van der Waals surface area contributed by atoms with Gasteiger partial charge in [0.05, 0.1) is 24.2 Å². The minimum absolute atomic E-state index is 0.00240. The lowest BCUT2D eigenvalue weighted by Crippen LogP contribution is -2.68. The Morgan fingerprint density at radius 2 is 1.70 bits per heavy atom. The molecule has 1 aliphatic carbocycles. The number of nitrogens with one attached hydrogen (secondary N) is 4. The Kier molecular flexibility index (Phi) is 11.3. The fourth-order valence-electron chi connectivity index (χ4n) is 8.72. The molecule has 6 unspecified atom stereocenters. The molecule has 0 aromatic heterocycles. The van der Waals surface area contributed by atoms with Crippen LogP contribution in [0.1, 0.15) is 71.1 Å². The van der Waals surface area contributed by atoms with E-state index in [0.717, 1.165) is 58.2 Å². The molecule has 8 N–H and O–H groups in total. The van der Waals surface area contributed by atoms with Crippen LogP contribution in [0.5, 0.6) is 0 Å². The van der Waals surface area contributed by atoms with Crippen molar-refractivity contribution >= 4 is 11.8 Å². The molecule has 1 saturated carbocycles. The molecule has 4 aliphatic heterocycles. The largest absolute Gasteiger partial charge is 0.350 e.